The van der Waals surface area contributed by atoms with E-state index in [1.165, 1.54) is 0 Å². The third kappa shape index (κ3) is 4.62. The molecule has 0 bridgehead atoms. The van der Waals surface area contributed by atoms with E-state index in [1.54, 1.807) is 0 Å². The third-order valence-electron chi connectivity index (χ3n) is 3.68. The molecule has 20 heavy (non-hydrogen) atoms. The molecule has 1 heterocycles. The molecule has 0 aliphatic carbocycles. The van der Waals surface area contributed by atoms with Crippen LogP contribution in [0, 0.1) is 0 Å². The topological polar surface area (TPSA) is 50.4 Å². The van der Waals surface area contributed by atoms with Crippen molar-refractivity contribution in [2.45, 2.75) is 38.3 Å². The highest BCUT2D eigenvalue weighted by Crippen LogP contribution is 2.15. The van der Waals surface area contributed by atoms with E-state index in [1.807, 2.05) is 30.3 Å². The number of ether oxygens (including phenoxy) is 1. The molecule has 0 spiro atoms. The van der Waals surface area contributed by atoms with E-state index in [0.29, 0.717) is 0 Å². The van der Waals surface area contributed by atoms with Crippen molar-refractivity contribution in [2.24, 2.45) is 0 Å². The number of nitrogens with one attached hydrogen (secondary N) is 2. The largest absolute Gasteiger partial charge is 0.368 e. The van der Waals surface area contributed by atoms with Crippen LogP contribution in [-0.2, 0) is 9.53 Å². The van der Waals surface area contributed by atoms with Crippen molar-refractivity contribution in [2.75, 3.05) is 19.7 Å². The fraction of sp³-hybridized carbons (Fsp3) is 0.562. The summed E-state index contributed by atoms with van der Waals surface area (Å²) in [5.41, 5.74) is 1.14. The van der Waals surface area contributed by atoms with Crippen molar-refractivity contribution < 1.29 is 9.53 Å². The first kappa shape index (κ1) is 15.0. The minimum Gasteiger partial charge on any atom is -0.368 e. The van der Waals surface area contributed by atoms with Gasteiger partial charge in [0.1, 0.15) is 6.61 Å². The maximum atomic E-state index is 12.0. The van der Waals surface area contributed by atoms with Gasteiger partial charge in [0.15, 0.2) is 0 Å². The fourth-order valence-electron chi connectivity index (χ4n) is 2.50. The second kappa shape index (κ2) is 8.02. The van der Waals surface area contributed by atoms with Gasteiger partial charge < -0.3 is 15.4 Å². The van der Waals surface area contributed by atoms with E-state index in [-0.39, 0.29) is 24.7 Å². The molecule has 4 heteroatoms. The highest BCUT2D eigenvalue weighted by Gasteiger charge is 2.16. The number of carbonyl (C=O) groups is 1. The average Bonchev–Trinajstić information content (AvgIpc) is 2.52. The van der Waals surface area contributed by atoms with Crippen molar-refractivity contribution in [3.63, 3.8) is 0 Å². The van der Waals surface area contributed by atoms with Gasteiger partial charge in [0, 0.05) is 0 Å². The molecule has 1 fully saturated rings. The van der Waals surface area contributed by atoms with Crippen molar-refractivity contribution in [3.05, 3.63) is 35.9 Å². The van der Waals surface area contributed by atoms with Gasteiger partial charge in [-0.1, -0.05) is 37.3 Å². The van der Waals surface area contributed by atoms with E-state index in [2.05, 4.69) is 17.6 Å². The quantitative estimate of drug-likeness (QED) is 0.836. The molecule has 0 aromatic heterocycles. The predicted octanol–water partition coefficient (Wildman–Crippen LogP) is 2.02. The first-order valence-electron chi connectivity index (χ1n) is 7.46. The highest BCUT2D eigenvalue weighted by molar-refractivity contribution is 5.77. The molecule has 1 atom stereocenters. The first-order valence-corrected chi connectivity index (χ1v) is 7.46. The van der Waals surface area contributed by atoms with Crippen LogP contribution in [0.2, 0.25) is 0 Å². The zero-order valence-electron chi connectivity index (χ0n) is 12.1. The van der Waals surface area contributed by atoms with Crippen LogP contribution in [-0.4, -0.2) is 31.7 Å². The zero-order chi connectivity index (χ0) is 14.2. The Morgan fingerprint density at radius 2 is 2.05 bits per heavy atom. The van der Waals surface area contributed by atoms with E-state index in [4.69, 9.17) is 4.74 Å². The summed E-state index contributed by atoms with van der Waals surface area (Å²) in [5.74, 6) is -0.0285. The van der Waals surface area contributed by atoms with Gasteiger partial charge in [-0.2, -0.15) is 0 Å². The van der Waals surface area contributed by atoms with E-state index in [0.717, 1.165) is 37.9 Å². The van der Waals surface area contributed by atoms with Crippen LogP contribution in [0.1, 0.15) is 37.8 Å². The summed E-state index contributed by atoms with van der Waals surface area (Å²) in [6.45, 7) is 4.20. The number of piperidine rings is 1. The summed E-state index contributed by atoms with van der Waals surface area (Å²) >= 11 is 0. The molecule has 110 valence electrons. The molecule has 1 unspecified atom stereocenters. The molecule has 0 radical (unpaired) electrons. The Morgan fingerprint density at radius 3 is 2.70 bits per heavy atom. The first-order chi connectivity index (χ1) is 9.79. The monoisotopic (exact) mass is 276 g/mol. The van der Waals surface area contributed by atoms with Crippen LogP contribution in [0.5, 0.6) is 0 Å². The maximum Gasteiger partial charge on any atom is 0.246 e. The van der Waals surface area contributed by atoms with Gasteiger partial charge in [0.25, 0.3) is 0 Å². The summed E-state index contributed by atoms with van der Waals surface area (Å²) in [6.07, 6.45) is 3.08. The number of carbonyl (C=O) groups excluding carboxylic acids is 1. The number of hydrogen-bond acceptors (Lipinski definition) is 3. The highest BCUT2D eigenvalue weighted by atomic mass is 16.5. The molecule has 1 saturated heterocycles. The lowest BCUT2D eigenvalue weighted by atomic mass is 10.0. The Kier molecular flexibility index (Phi) is 6.02. The summed E-state index contributed by atoms with van der Waals surface area (Å²) in [6, 6.07) is 10.1. The molecule has 1 aromatic carbocycles. The molecular formula is C16H24N2O2. The average molecular weight is 276 g/mol. The third-order valence-corrected chi connectivity index (χ3v) is 3.68. The fourth-order valence-corrected chi connectivity index (χ4v) is 2.50. The van der Waals surface area contributed by atoms with Gasteiger partial charge >= 0.3 is 0 Å². The molecule has 1 aliphatic heterocycles. The number of benzene rings is 1. The lowest BCUT2D eigenvalue weighted by molar-refractivity contribution is -0.129. The number of hydrogen-bond donors (Lipinski definition) is 2. The maximum absolute atomic E-state index is 12.0. The predicted molar refractivity (Wildman–Crippen MR) is 79.5 cm³/mol. The Hall–Kier alpha value is -1.39. The Morgan fingerprint density at radius 1 is 1.35 bits per heavy atom. The second-order valence-corrected chi connectivity index (χ2v) is 5.20. The van der Waals surface area contributed by atoms with Crippen molar-refractivity contribution >= 4 is 5.91 Å². The van der Waals surface area contributed by atoms with Crippen LogP contribution in [0.3, 0.4) is 0 Å². The summed E-state index contributed by atoms with van der Waals surface area (Å²) < 4.78 is 5.67. The molecule has 2 N–H and O–H groups in total. The van der Waals surface area contributed by atoms with Gasteiger partial charge in [-0.3, -0.25) is 4.79 Å². The van der Waals surface area contributed by atoms with E-state index < -0.39 is 0 Å². The van der Waals surface area contributed by atoms with E-state index in [9.17, 15) is 4.79 Å². The lowest BCUT2D eigenvalue weighted by Crippen LogP contribution is -2.36. The van der Waals surface area contributed by atoms with Gasteiger partial charge in [-0.25, -0.2) is 0 Å². The smallest absolute Gasteiger partial charge is 0.246 e. The van der Waals surface area contributed by atoms with Gasteiger partial charge in [-0.05, 0) is 37.9 Å². The molecule has 0 saturated carbocycles. The number of rotatable bonds is 6. The molecule has 1 aliphatic rings. The van der Waals surface area contributed by atoms with Crippen LogP contribution < -0.4 is 10.6 Å². The summed E-state index contributed by atoms with van der Waals surface area (Å²) in [7, 11) is 0. The molecule has 1 amide bonds. The molecular weight excluding hydrogens is 252 g/mol. The summed E-state index contributed by atoms with van der Waals surface area (Å²) in [4.78, 5) is 12.0. The lowest BCUT2D eigenvalue weighted by Gasteiger charge is -2.23. The van der Waals surface area contributed by atoms with Gasteiger partial charge in [0.2, 0.25) is 5.91 Å². The molecule has 2 rings (SSSR count). The summed E-state index contributed by atoms with van der Waals surface area (Å²) in [5, 5.41) is 6.33. The Bertz CT molecular complexity index is 402. The van der Waals surface area contributed by atoms with Crippen LogP contribution >= 0.6 is 0 Å². The molecule has 1 aromatic rings. The van der Waals surface area contributed by atoms with Crippen LogP contribution in [0.15, 0.2) is 30.3 Å². The van der Waals surface area contributed by atoms with Crippen molar-refractivity contribution in [3.8, 4) is 0 Å². The van der Waals surface area contributed by atoms with Crippen LogP contribution in [0.25, 0.3) is 0 Å². The van der Waals surface area contributed by atoms with Crippen LogP contribution in [0.4, 0.5) is 0 Å². The second-order valence-electron chi connectivity index (χ2n) is 5.20. The Balaban J connectivity index is 1.77. The SMILES string of the molecule is CCC(NC(=O)COC1CCNCC1)c1ccccc1. The standard InChI is InChI=1S/C16H24N2O2/c1-2-15(13-6-4-3-5-7-13)18-16(19)12-20-14-8-10-17-11-9-14/h3-7,14-15,17H,2,8-12H2,1H3,(H,18,19). The van der Waals surface area contributed by atoms with Crippen molar-refractivity contribution in [1.82, 2.24) is 10.6 Å². The minimum absolute atomic E-state index is 0.0285. The zero-order valence-corrected chi connectivity index (χ0v) is 12.1. The molecule has 4 nitrogen and oxygen atoms in total. The van der Waals surface area contributed by atoms with Gasteiger partial charge in [0.05, 0.1) is 12.1 Å². The minimum atomic E-state index is -0.0285. The Labute approximate surface area is 120 Å². The van der Waals surface area contributed by atoms with E-state index >= 15 is 0 Å². The van der Waals surface area contributed by atoms with Crippen molar-refractivity contribution in [1.29, 1.82) is 0 Å². The normalized spacial score (nSPS) is 17.6. The number of amides is 1. The van der Waals surface area contributed by atoms with Gasteiger partial charge in [-0.15, -0.1) is 0 Å².